The quantitative estimate of drug-likeness (QED) is 0.684. The highest BCUT2D eigenvalue weighted by atomic mass is 32.2. The molecular weight excluding hydrogens is 358 g/mol. The monoisotopic (exact) mass is 377 g/mol. The molecule has 0 radical (unpaired) electrons. The lowest BCUT2D eigenvalue weighted by atomic mass is 10.2. The Bertz CT molecular complexity index is 940. The lowest BCUT2D eigenvalue weighted by Crippen LogP contribution is -2.44. The number of nitrogens with zero attached hydrogens (tertiary/aromatic N) is 1. The second-order valence-electron chi connectivity index (χ2n) is 6.05. The molecule has 0 fully saturated rings. The number of hydrogen-bond acceptors (Lipinski definition) is 6. The van der Waals surface area contributed by atoms with E-state index < -0.39 is 20.5 Å². The van der Waals surface area contributed by atoms with E-state index in [1.54, 1.807) is 6.07 Å². The Balaban J connectivity index is 2.26. The number of amides is 2. The third kappa shape index (κ3) is 3.83. The standard InChI is InChI=1S/C17H19N3O5S/c1-11(21)19-13-8-7-12(10-14(13)22)20-16(23)17(2,3)26(24,25)15-6-4-5-9-18-15/h4-10,22H,1-3H3,(H,19,21)(H,20,23). The van der Waals surface area contributed by atoms with E-state index in [-0.39, 0.29) is 28.1 Å². The molecule has 0 saturated heterocycles. The van der Waals surface area contributed by atoms with Gasteiger partial charge in [-0.3, -0.25) is 9.59 Å². The molecule has 0 spiro atoms. The van der Waals surface area contributed by atoms with Crippen LogP contribution < -0.4 is 10.6 Å². The lowest BCUT2D eigenvalue weighted by Gasteiger charge is -2.23. The number of aromatic hydroxyl groups is 1. The normalized spacial score (nSPS) is 11.7. The fraction of sp³-hybridized carbons (Fsp3) is 0.235. The number of nitrogens with one attached hydrogen (secondary N) is 2. The summed E-state index contributed by atoms with van der Waals surface area (Å²) in [7, 11) is -4.03. The van der Waals surface area contributed by atoms with E-state index in [4.69, 9.17) is 0 Å². The van der Waals surface area contributed by atoms with Crippen molar-refractivity contribution < 1.29 is 23.1 Å². The first-order valence-electron chi connectivity index (χ1n) is 7.63. The number of aromatic nitrogens is 1. The molecule has 2 amide bonds. The molecular formula is C17H19N3O5S. The smallest absolute Gasteiger partial charge is 0.245 e. The zero-order chi connectivity index (χ0) is 19.5. The van der Waals surface area contributed by atoms with Crippen molar-refractivity contribution in [3.8, 4) is 5.75 Å². The average molecular weight is 377 g/mol. The van der Waals surface area contributed by atoms with E-state index in [0.29, 0.717) is 0 Å². The highest BCUT2D eigenvalue weighted by Gasteiger charge is 2.43. The van der Waals surface area contributed by atoms with Gasteiger partial charge in [-0.1, -0.05) is 6.07 Å². The number of phenolic OH excluding ortho intramolecular Hbond substituents is 1. The van der Waals surface area contributed by atoms with Crippen molar-refractivity contribution in [3.05, 3.63) is 42.6 Å². The van der Waals surface area contributed by atoms with Gasteiger partial charge in [-0.2, -0.15) is 0 Å². The Labute approximate surface area is 151 Å². The Morgan fingerprint density at radius 1 is 1.12 bits per heavy atom. The number of carbonyl (C=O) groups excluding carboxylic acids is 2. The van der Waals surface area contributed by atoms with Crippen LogP contribution in [0.4, 0.5) is 11.4 Å². The lowest BCUT2D eigenvalue weighted by molar-refractivity contribution is -0.118. The maximum absolute atomic E-state index is 12.7. The van der Waals surface area contributed by atoms with Crippen LogP contribution in [0.2, 0.25) is 0 Å². The average Bonchev–Trinajstić information content (AvgIpc) is 2.57. The Kier molecular flexibility index (Phi) is 5.31. The van der Waals surface area contributed by atoms with Gasteiger partial charge in [0, 0.05) is 24.9 Å². The molecule has 0 aliphatic rings. The van der Waals surface area contributed by atoms with Crippen molar-refractivity contribution in [2.24, 2.45) is 0 Å². The number of hydrogen-bond donors (Lipinski definition) is 3. The van der Waals surface area contributed by atoms with E-state index >= 15 is 0 Å². The molecule has 0 unspecified atom stereocenters. The van der Waals surface area contributed by atoms with Crippen LogP contribution >= 0.6 is 0 Å². The summed E-state index contributed by atoms with van der Waals surface area (Å²) >= 11 is 0. The summed E-state index contributed by atoms with van der Waals surface area (Å²) in [6, 6.07) is 8.46. The maximum Gasteiger partial charge on any atom is 0.245 e. The predicted molar refractivity (Wildman–Crippen MR) is 96.5 cm³/mol. The highest BCUT2D eigenvalue weighted by Crippen LogP contribution is 2.29. The van der Waals surface area contributed by atoms with Crippen molar-refractivity contribution in [3.63, 3.8) is 0 Å². The highest BCUT2D eigenvalue weighted by molar-refractivity contribution is 7.93. The Morgan fingerprint density at radius 2 is 1.81 bits per heavy atom. The summed E-state index contributed by atoms with van der Waals surface area (Å²) < 4.78 is 23.6. The van der Waals surface area contributed by atoms with Gasteiger partial charge in [0.05, 0.1) is 5.69 Å². The number of rotatable bonds is 5. The van der Waals surface area contributed by atoms with Crippen LogP contribution in [0.5, 0.6) is 5.75 Å². The maximum atomic E-state index is 12.7. The SMILES string of the molecule is CC(=O)Nc1ccc(NC(=O)C(C)(C)S(=O)(=O)c2ccccn2)cc1O. The van der Waals surface area contributed by atoms with Crippen LogP contribution in [0, 0.1) is 0 Å². The molecule has 8 nitrogen and oxygen atoms in total. The molecule has 1 aromatic heterocycles. The molecule has 0 atom stereocenters. The first-order chi connectivity index (χ1) is 12.1. The summed E-state index contributed by atoms with van der Waals surface area (Å²) in [5, 5.41) is 14.6. The number of pyridine rings is 1. The van der Waals surface area contributed by atoms with Crippen molar-refractivity contribution in [1.29, 1.82) is 0 Å². The van der Waals surface area contributed by atoms with Crippen LogP contribution in [-0.4, -0.2) is 35.1 Å². The number of phenols is 1. The van der Waals surface area contributed by atoms with E-state index in [2.05, 4.69) is 15.6 Å². The molecule has 1 aromatic carbocycles. The summed E-state index contributed by atoms with van der Waals surface area (Å²) in [4.78, 5) is 27.4. The third-order valence-electron chi connectivity index (χ3n) is 3.70. The molecule has 9 heteroatoms. The molecule has 1 heterocycles. The van der Waals surface area contributed by atoms with Gasteiger partial charge in [0.15, 0.2) is 9.77 Å². The van der Waals surface area contributed by atoms with E-state index in [9.17, 15) is 23.1 Å². The molecule has 0 aliphatic heterocycles. The fourth-order valence-electron chi connectivity index (χ4n) is 2.08. The first-order valence-corrected chi connectivity index (χ1v) is 9.12. The van der Waals surface area contributed by atoms with Gasteiger partial charge in [0.25, 0.3) is 0 Å². The second-order valence-corrected chi connectivity index (χ2v) is 8.49. The minimum atomic E-state index is -4.03. The van der Waals surface area contributed by atoms with Crippen LogP contribution in [0.3, 0.4) is 0 Å². The van der Waals surface area contributed by atoms with Crippen molar-refractivity contribution in [2.45, 2.75) is 30.5 Å². The molecule has 3 N–H and O–H groups in total. The van der Waals surface area contributed by atoms with Gasteiger partial charge in [0.2, 0.25) is 21.7 Å². The summed E-state index contributed by atoms with van der Waals surface area (Å²) in [6.07, 6.45) is 1.33. The summed E-state index contributed by atoms with van der Waals surface area (Å²) in [5.41, 5.74) is 0.363. The number of anilines is 2. The van der Waals surface area contributed by atoms with Crippen molar-refractivity contribution in [1.82, 2.24) is 4.98 Å². The van der Waals surface area contributed by atoms with E-state index in [0.717, 1.165) is 0 Å². The molecule has 0 aliphatic carbocycles. The predicted octanol–water partition coefficient (Wildman–Crippen LogP) is 1.94. The Morgan fingerprint density at radius 3 is 2.35 bits per heavy atom. The molecule has 138 valence electrons. The minimum absolute atomic E-state index is 0.177. The molecule has 2 aromatic rings. The summed E-state index contributed by atoms with van der Waals surface area (Å²) in [5.74, 6) is -1.40. The van der Waals surface area contributed by atoms with Crippen LogP contribution in [0.1, 0.15) is 20.8 Å². The van der Waals surface area contributed by atoms with Gasteiger partial charge in [-0.15, -0.1) is 0 Å². The first kappa shape index (κ1) is 19.4. The van der Waals surface area contributed by atoms with Crippen LogP contribution in [0.25, 0.3) is 0 Å². The Hall–Kier alpha value is -2.94. The van der Waals surface area contributed by atoms with Gasteiger partial charge in [-0.05, 0) is 38.1 Å². The van der Waals surface area contributed by atoms with Gasteiger partial charge in [0.1, 0.15) is 5.75 Å². The fourth-order valence-corrected chi connectivity index (χ4v) is 3.35. The van der Waals surface area contributed by atoms with Gasteiger partial charge in [-0.25, -0.2) is 13.4 Å². The summed E-state index contributed by atoms with van der Waals surface area (Å²) in [6.45, 7) is 3.84. The second kappa shape index (κ2) is 7.12. The van der Waals surface area contributed by atoms with E-state index in [1.807, 2.05) is 0 Å². The van der Waals surface area contributed by atoms with Crippen molar-refractivity contribution in [2.75, 3.05) is 10.6 Å². The number of benzene rings is 1. The molecule has 26 heavy (non-hydrogen) atoms. The molecule has 2 rings (SSSR count). The number of carbonyl (C=O) groups is 2. The van der Waals surface area contributed by atoms with Crippen LogP contribution in [-0.2, 0) is 19.4 Å². The third-order valence-corrected chi connectivity index (χ3v) is 6.02. The zero-order valence-corrected chi connectivity index (χ0v) is 15.3. The van der Waals surface area contributed by atoms with Gasteiger partial charge >= 0.3 is 0 Å². The topological polar surface area (TPSA) is 125 Å². The largest absolute Gasteiger partial charge is 0.506 e. The van der Waals surface area contributed by atoms with Crippen molar-refractivity contribution >= 4 is 33.0 Å². The minimum Gasteiger partial charge on any atom is -0.506 e. The molecule has 0 saturated carbocycles. The molecule has 0 bridgehead atoms. The zero-order valence-electron chi connectivity index (χ0n) is 14.5. The van der Waals surface area contributed by atoms with Crippen LogP contribution in [0.15, 0.2) is 47.6 Å². The van der Waals surface area contributed by atoms with E-state index in [1.165, 1.54) is 57.3 Å². The number of sulfone groups is 1. The van der Waals surface area contributed by atoms with Gasteiger partial charge < -0.3 is 15.7 Å².